The zero-order valence-corrected chi connectivity index (χ0v) is 17.6. The molecule has 7 heteroatoms. The molecule has 0 fully saturated rings. The van der Waals surface area contributed by atoms with E-state index < -0.39 is 0 Å². The molecule has 0 aliphatic rings. The molecular formula is C25H20N4O3. The van der Waals surface area contributed by atoms with Crippen molar-refractivity contribution in [1.82, 2.24) is 9.78 Å². The fraction of sp³-hybridized carbons (Fsp3) is 0.0800. The van der Waals surface area contributed by atoms with Crippen LogP contribution in [0.2, 0.25) is 0 Å². The normalized spacial score (nSPS) is 10.3. The maximum atomic E-state index is 13.2. The summed E-state index contributed by atoms with van der Waals surface area (Å²) in [7, 11) is 3.13. The van der Waals surface area contributed by atoms with Crippen molar-refractivity contribution < 1.29 is 14.3 Å². The molecule has 0 aliphatic carbocycles. The van der Waals surface area contributed by atoms with Gasteiger partial charge < -0.3 is 14.8 Å². The minimum Gasteiger partial charge on any atom is -0.493 e. The number of aromatic nitrogens is 2. The fourth-order valence-electron chi connectivity index (χ4n) is 3.33. The van der Waals surface area contributed by atoms with Gasteiger partial charge in [0.05, 0.1) is 31.5 Å². The Morgan fingerprint density at radius 1 is 0.969 bits per heavy atom. The van der Waals surface area contributed by atoms with Crippen molar-refractivity contribution in [3.05, 3.63) is 90.3 Å². The van der Waals surface area contributed by atoms with Gasteiger partial charge in [-0.05, 0) is 48.0 Å². The van der Waals surface area contributed by atoms with Crippen molar-refractivity contribution in [3.63, 3.8) is 0 Å². The van der Waals surface area contributed by atoms with Crippen molar-refractivity contribution in [2.24, 2.45) is 0 Å². The second-order valence-electron chi connectivity index (χ2n) is 6.89. The number of nitrogens with one attached hydrogen (secondary N) is 1. The average molecular weight is 424 g/mol. The molecule has 158 valence electrons. The Morgan fingerprint density at radius 2 is 1.75 bits per heavy atom. The smallest absolute Gasteiger partial charge is 0.276 e. The molecule has 7 nitrogen and oxygen atoms in total. The molecule has 4 rings (SSSR count). The van der Waals surface area contributed by atoms with Crippen LogP contribution in [0.4, 0.5) is 5.69 Å². The first kappa shape index (κ1) is 20.7. The molecule has 3 aromatic carbocycles. The Hall–Kier alpha value is -4.57. The lowest BCUT2D eigenvalue weighted by atomic mass is 10.1. The second kappa shape index (κ2) is 9.06. The van der Waals surface area contributed by atoms with E-state index in [4.69, 9.17) is 14.7 Å². The molecule has 0 bridgehead atoms. The van der Waals surface area contributed by atoms with E-state index in [1.807, 2.05) is 36.4 Å². The SMILES string of the molecule is COc1ccc(-c2cn(-c3ccccc3)nc2C(=O)Nc2cccc(C#N)c2)cc1OC. The maximum Gasteiger partial charge on any atom is 0.276 e. The minimum absolute atomic E-state index is 0.239. The van der Waals surface area contributed by atoms with Crippen LogP contribution in [0.15, 0.2) is 79.0 Å². The van der Waals surface area contributed by atoms with Gasteiger partial charge in [-0.25, -0.2) is 4.68 Å². The summed E-state index contributed by atoms with van der Waals surface area (Å²) in [4.78, 5) is 13.2. The van der Waals surface area contributed by atoms with Gasteiger partial charge in [-0.1, -0.05) is 30.3 Å². The van der Waals surface area contributed by atoms with Gasteiger partial charge in [-0.3, -0.25) is 4.79 Å². The van der Waals surface area contributed by atoms with Crippen molar-refractivity contribution in [2.45, 2.75) is 0 Å². The van der Waals surface area contributed by atoms with E-state index in [0.717, 1.165) is 11.3 Å². The summed E-state index contributed by atoms with van der Waals surface area (Å²) in [5.41, 5.74) is 3.41. The average Bonchev–Trinajstić information content (AvgIpc) is 3.30. The van der Waals surface area contributed by atoms with Crippen LogP contribution in [0.3, 0.4) is 0 Å². The van der Waals surface area contributed by atoms with Crippen molar-refractivity contribution >= 4 is 11.6 Å². The molecule has 1 N–H and O–H groups in total. The van der Waals surface area contributed by atoms with Crippen LogP contribution in [-0.2, 0) is 0 Å². The summed E-state index contributed by atoms with van der Waals surface area (Å²) in [6.45, 7) is 0. The lowest BCUT2D eigenvalue weighted by molar-refractivity contribution is 0.102. The number of anilines is 1. The topological polar surface area (TPSA) is 89.2 Å². The van der Waals surface area contributed by atoms with Gasteiger partial charge >= 0.3 is 0 Å². The summed E-state index contributed by atoms with van der Waals surface area (Å²) in [6, 6.07) is 23.8. The van der Waals surface area contributed by atoms with Crippen molar-refractivity contribution in [1.29, 1.82) is 5.26 Å². The van der Waals surface area contributed by atoms with Crippen molar-refractivity contribution in [3.8, 4) is 34.4 Å². The molecule has 0 saturated heterocycles. The minimum atomic E-state index is -0.389. The molecule has 0 aliphatic heterocycles. The molecule has 1 aromatic heterocycles. The number of hydrogen-bond acceptors (Lipinski definition) is 5. The molecule has 0 saturated carbocycles. The third kappa shape index (κ3) is 4.16. The number of amides is 1. The Morgan fingerprint density at radius 3 is 2.47 bits per heavy atom. The molecule has 0 radical (unpaired) electrons. The van der Waals surface area contributed by atoms with Gasteiger partial charge in [-0.2, -0.15) is 10.4 Å². The highest BCUT2D eigenvalue weighted by atomic mass is 16.5. The highest BCUT2D eigenvalue weighted by Crippen LogP contribution is 2.34. The number of carbonyl (C=O) groups is 1. The summed E-state index contributed by atoms with van der Waals surface area (Å²) in [5.74, 6) is 0.746. The fourth-order valence-corrected chi connectivity index (χ4v) is 3.33. The third-order valence-electron chi connectivity index (χ3n) is 4.89. The summed E-state index contributed by atoms with van der Waals surface area (Å²) in [6.07, 6.45) is 1.80. The van der Waals surface area contributed by atoms with Crippen LogP contribution < -0.4 is 14.8 Å². The van der Waals surface area contributed by atoms with Gasteiger partial charge in [0.15, 0.2) is 17.2 Å². The first-order chi connectivity index (χ1) is 15.6. The molecule has 0 unspecified atom stereocenters. The predicted octanol–water partition coefficient (Wildman–Crippen LogP) is 4.68. The van der Waals surface area contributed by atoms with Crippen molar-refractivity contribution in [2.75, 3.05) is 19.5 Å². The Balaban J connectivity index is 1.79. The van der Waals surface area contributed by atoms with E-state index in [9.17, 15) is 4.79 Å². The highest BCUT2D eigenvalue weighted by molar-refractivity contribution is 6.07. The van der Waals surface area contributed by atoms with Crippen LogP contribution >= 0.6 is 0 Å². The van der Waals surface area contributed by atoms with Crippen LogP contribution in [-0.4, -0.2) is 29.9 Å². The number of methoxy groups -OCH3 is 2. The van der Waals surface area contributed by atoms with Gasteiger partial charge in [0.1, 0.15) is 0 Å². The summed E-state index contributed by atoms with van der Waals surface area (Å²) >= 11 is 0. The number of hydrogen-bond donors (Lipinski definition) is 1. The number of benzene rings is 3. The third-order valence-corrected chi connectivity index (χ3v) is 4.89. The molecule has 1 heterocycles. The Bertz CT molecular complexity index is 1310. The lowest BCUT2D eigenvalue weighted by Gasteiger charge is -2.10. The highest BCUT2D eigenvalue weighted by Gasteiger charge is 2.20. The first-order valence-electron chi connectivity index (χ1n) is 9.82. The van der Waals surface area contributed by atoms with Gasteiger partial charge in [0.2, 0.25) is 0 Å². The number of nitrogens with zero attached hydrogens (tertiary/aromatic N) is 3. The largest absolute Gasteiger partial charge is 0.493 e. The quantitative estimate of drug-likeness (QED) is 0.485. The molecule has 0 atom stereocenters. The molecule has 0 spiro atoms. The van der Waals surface area contributed by atoms with Crippen LogP contribution in [0, 0.1) is 11.3 Å². The van der Waals surface area contributed by atoms with Gasteiger partial charge in [-0.15, -0.1) is 0 Å². The molecule has 32 heavy (non-hydrogen) atoms. The van der Waals surface area contributed by atoms with Crippen LogP contribution in [0.5, 0.6) is 11.5 Å². The molecule has 4 aromatic rings. The van der Waals surface area contributed by atoms with Crippen LogP contribution in [0.25, 0.3) is 16.8 Å². The monoisotopic (exact) mass is 424 g/mol. The second-order valence-corrected chi connectivity index (χ2v) is 6.89. The standard InChI is InChI=1S/C25H20N4O3/c1-31-22-12-11-18(14-23(22)32-2)21-16-29(20-9-4-3-5-10-20)28-24(21)25(30)27-19-8-6-7-17(13-19)15-26/h3-14,16H,1-2H3,(H,27,30). The Kier molecular flexibility index (Phi) is 5.86. The number of rotatable bonds is 6. The van der Waals surface area contributed by atoms with Crippen LogP contribution in [0.1, 0.15) is 16.1 Å². The first-order valence-corrected chi connectivity index (χ1v) is 9.82. The van der Waals surface area contributed by atoms with E-state index in [2.05, 4.69) is 16.5 Å². The Labute approximate surface area is 185 Å². The van der Waals surface area contributed by atoms with E-state index in [0.29, 0.717) is 28.3 Å². The van der Waals surface area contributed by atoms with E-state index >= 15 is 0 Å². The number of nitriles is 1. The number of para-hydroxylation sites is 1. The summed E-state index contributed by atoms with van der Waals surface area (Å²) < 4.78 is 12.4. The summed E-state index contributed by atoms with van der Waals surface area (Å²) in [5, 5.41) is 16.5. The zero-order valence-electron chi connectivity index (χ0n) is 17.6. The van der Waals surface area contributed by atoms with Gasteiger partial charge in [0.25, 0.3) is 5.91 Å². The van der Waals surface area contributed by atoms with E-state index in [1.165, 1.54) is 0 Å². The molecule has 1 amide bonds. The zero-order chi connectivity index (χ0) is 22.5. The predicted molar refractivity (Wildman–Crippen MR) is 121 cm³/mol. The number of carbonyl (C=O) groups excluding carboxylic acids is 1. The van der Waals surface area contributed by atoms with E-state index in [1.54, 1.807) is 61.5 Å². The number of ether oxygens (including phenoxy) is 2. The maximum absolute atomic E-state index is 13.2. The van der Waals surface area contributed by atoms with Gasteiger partial charge in [0, 0.05) is 17.4 Å². The lowest BCUT2D eigenvalue weighted by Crippen LogP contribution is -2.14. The molecular weight excluding hydrogens is 404 g/mol. The van der Waals surface area contributed by atoms with E-state index in [-0.39, 0.29) is 11.6 Å².